The van der Waals surface area contributed by atoms with Crippen LogP contribution < -0.4 is 10.1 Å². The summed E-state index contributed by atoms with van der Waals surface area (Å²) in [7, 11) is 0. The van der Waals surface area contributed by atoms with Gasteiger partial charge in [-0.2, -0.15) is 0 Å². The lowest BCUT2D eigenvalue weighted by atomic mass is 10.1. The van der Waals surface area contributed by atoms with Gasteiger partial charge in [-0.15, -0.1) is 11.3 Å². The molecule has 0 aliphatic carbocycles. The van der Waals surface area contributed by atoms with Crippen LogP contribution >= 0.6 is 11.3 Å². The molecule has 0 aliphatic rings. The molecule has 8 heteroatoms. The SMILES string of the molecule is Cc1cc(OCC(=O)OCC(=O)N[C@@H](c2ccccc2)c2cccs2)no1. The standard InChI is InChI=1S/C19H18N2O5S/c1-13-10-17(21-26-13)24-12-18(23)25-11-16(22)20-19(15-8-5-9-27-15)14-6-3-2-4-7-14/h2-10,19H,11-12H2,1H3,(H,20,22)/t19-/m0/s1. The highest BCUT2D eigenvalue weighted by molar-refractivity contribution is 7.10. The first-order valence-electron chi connectivity index (χ1n) is 8.21. The molecule has 27 heavy (non-hydrogen) atoms. The van der Waals surface area contributed by atoms with Crippen LogP contribution in [0.3, 0.4) is 0 Å². The average molecular weight is 386 g/mol. The van der Waals surface area contributed by atoms with Crippen molar-refractivity contribution >= 4 is 23.2 Å². The number of aryl methyl sites for hydroxylation is 1. The molecule has 0 aliphatic heterocycles. The van der Waals surface area contributed by atoms with Crippen LogP contribution in [0.5, 0.6) is 5.88 Å². The second-order valence-electron chi connectivity index (χ2n) is 5.65. The number of hydrogen-bond acceptors (Lipinski definition) is 7. The molecule has 3 rings (SSSR count). The summed E-state index contributed by atoms with van der Waals surface area (Å²) in [5.41, 5.74) is 0.948. The molecule has 0 saturated heterocycles. The molecule has 1 amide bonds. The van der Waals surface area contributed by atoms with Gasteiger partial charge >= 0.3 is 5.97 Å². The lowest BCUT2D eigenvalue weighted by molar-refractivity contribution is -0.150. The molecule has 2 aromatic heterocycles. The second-order valence-corrected chi connectivity index (χ2v) is 6.63. The van der Waals surface area contributed by atoms with Crippen LogP contribution in [0, 0.1) is 6.92 Å². The highest BCUT2D eigenvalue weighted by atomic mass is 32.1. The first kappa shape index (κ1) is 18.7. The van der Waals surface area contributed by atoms with E-state index in [1.165, 1.54) is 0 Å². The van der Waals surface area contributed by atoms with Crippen molar-refractivity contribution < 1.29 is 23.6 Å². The van der Waals surface area contributed by atoms with Crippen molar-refractivity contribution in [1.29, 1.82) is 0 Å². The summed E-state index contributed by atoms with van der Waals surface area (Å²) in [6, 6.07) is 14.7. The number of hydrogen-bond donors (Lipinski definition) is 1. The Balaban J connectivity index is 1.51. The van der Waals surface area contributed by atoms with E-state index >= 15 is 0 Å². The van der Waals surface area contributed by atoms with E-state index < -0.39 is 18.5 Å². The van der Waals surface area contributed by atoms with Crippen molar-refractivity contribution in [1.82, 2.24) is 10.5 Å². The number of aromatic nitrogens is 1. The number of carbonyl (C=O) groups is 2. The van der Waals surface area contributed by atoms with E-state index in [0.29, 0.717) is 5.76 Å². The Kier molecular flexibility index (Phi) is 6.22. The van der Waals surface area contributed by atoms with E-state index in [2.05, 4.69) is 10.5 Å². The van der Waals surface area contributed by atoms with Crippen molar-refractivity contribution in [2.24, 2.45) is 0 Å². The molecule has 0 saturated carbocycles. The summed E-state index contributed by atoms with van der Waals surface area (Å²) < 4.78 is 14.9. The minimum absolute atomic E-state index is 0.190. The van der Waals surface area contributed by atoms with E-state index in [0.717, 1.165) is 10.4 Å². The predicted molar refractivity (Wildman–Crippen MR) is 98.4 cm³/mol. The Morgan fingerprint density at radius 2 is 2.00 bits per heavy atom. The van der Waals surface area contributed by atoms with Gasteiger partial charge in [0.05, 0.1) is 6.04 Å². The fraction of sp³-hybridized carbons (Fsp3) is 0.211. The topological polar surface area (TPSA) is 90.7 Å². The molecule has 0 unspecified atom stereocenters. The van der Waals surface area contributed by atoms with Gasteiger partial charge in [0.25, 0.3) is 11.8 Å². The predicted octanol–water partition coefficient (Wildman–Crippen LogP) is 2.87. The summed E-state index contributed by atoms with van der Waals surface area (Å²) in [5.74, 6) is -0.310. The number of esters is 1. The number of ether oxygens (including phenoxy) is 2. The van der Waals surface area contributed by atoms with Gasteiger partial charge in [-0.3, -0.25) is 4.79 Å². The molecule has 3 aromatic rings. The first-order valence-corrected chi connectivity index (χ1v) is 9.09. The smallest absolute Gasteiger partial charge is 0.344 e. The van der Waals surface area contributed by atoms with Gasteiger partial charge in [0.2, 0.25) is 0 Å². The van der Waals surface area contributed by atoms with Crippen molar-refractivity contribution in [3.05, 3.63) is 70.1 Å². The monoisotopic (exact) mass is 386 g/mol. The minimum Gasteiger partial charge on any atom is -0.463 e. The van der Waals surface area contributed by atoms with Gasteiger partial charge in [0.1, 0.15) is 5.76 Å². The quantitative estimate of drug-likeness (QED) is 0.599. The van der Waals surface area contributed by atoms with Crippen LogP contribution in [0.25, 0.3) is 0 Å². The first-order chi connectivity index (χ1) is 13.1. The van der Waals surface area contributed by atoms with Crippen molar-refractivity contribution in [2.45, 2.75) is 13.0 Å². The van der Waals surface area contributed by atoms with Crippen molar-refractivity contribution in [3.63, 3.8) is 0 Å². The number of nitrogens with zero attached hydrogens (tertiary/aromatic N) is 1. The fourth-order valence-corrected chi connectivity index (χ4v) is 3.16. The molecule has 1 N–H and O–H groups in total. The normalized spacial score (nSPS) is 11.6. The number of benzene rings is 1. The van der Waals surface area contributed by atoms with Crippen LogP contribution in [0.15, 0.2) is 58.4 Å². The third kappa shape index (κ3) is 5.42. The van der Waals surface area contributed by atoms with Gasteiger partial charge in [-0.25, -0.2) is 4.79 Å². The molecule has 140 valence electrons. The lowest BCUT2D eigenvalue weighted by Crippen LogP contribution is -2.33. The van der Waals surface area contributed by atoms with E-state index in [1.54, 1.807) is 24.3 Å². The van der Waals surface area contributed by atoms with E-state index in [1.807, 2.05) is 47.8 Å². The van der Waals surface area contributed by atoms with Crippen LogP contribution in [0.1, 0.15) is 22.2 Å². The van der Waals surface area contributed by atoms with Gasteiger partial charge in [-0.1, -0.05) is 36.4 Å². The highest BCUT2D eigenvalue weighted by Crippen LogP contribution is 2.25. The van der Waals surface area contributed by atoms with Crippen LogP contribution in [0.4, 0.5) is 0 Å². The number of carbonyl (C=O) groups excluding carboxylic acids is 2. The van der Waals surface area contributed by atoms with Gasteiger partial charge in [-0.05, 0) is 29.1 Å². The molecular weight excluding hydrogens is 368 g/mol. The molecule has 0 spiro atoms. The number of thiophene rings is 1. The Bertz CT molecular complexity index is 877. The summed E-state index contributed by atoms with van der Waals surface area (Å²) in [6.07, 6.45) is 0. The summed E-state index contributed by atoms with van der Waals surface area (Å²) in [4.78, 5) is 25.0. The number of rotatable bonds is 8. The summed E-state index contributed by atoms with van der Waals surface area (Å²) in [6.45, 7) is 0.959. The van der Waals surface area contributed by atoms with E-state index in [9.17, 15) is 9.59 Å². The van der Waals surface area contributed by atoms with E-state index in [-0.39, 0.29) is 18.5 Å². The summed E-state index contributed by atoms with van der Waals surface area (Å²) in [5, 5.41) is 8.44. The maximum atomic E-state index is 12.3. The Morgan fingerprint density at radius 3 is 2.67 bits per heavy atom. The molecule has 0 radical (unpaired) electrons. The van der Waals surface area contributed by atoms with Crippen molar-refractivity contribution in [3.8, 4) is 5.88 Å². The maximum Gasteiger partial charge on any atom is 0.344 e. The molecule has 7 nitrogen and oxygen atoms in total. The maximum absolute atomic E-state index is 12.3. The molecule has 1 atom stereocenters. The Morgan fingerprint density at radius 1 is 1.19 bits per heavy atom. The van der Waals surface area contributed by atoms with E-state index in [4.69, 9.17) is 14.0 Å². The molecule has 0 fully saturated rings. The summed E-state index contributed by atoms with van der Waals surface area (Å²) >= 11 is 1.54. The van der Waals surface area contributed by atoms with Gasteiger partial charge in [0, 0.05) is 10.9 Å². The van der Waals surface area contributed by atoms with Gasteiger partial charge in [0.15, 0.2) is 13.2 Å². The van der Waals surface area contributed by atoms with Crippen LogP contribution in [0.2, 0.25) is 0 Å². The van der Waals surface area contributed by atoms with Crippen LogP contribution in [-0.2, 0) is 14.3 Å². The second kappa shape index (κ2) is 9.00. The molecule has 0 bridgehead atoms. The third-order valence-corrected chi connectivity index (χ3v) is 4.51. The largest absolute Gasteiger partial charge is 0.463 e. The van der Waals surface area contributed by atoms with Crippen molar-refractivity contribution in [2.75, 3.05) is 13.2 Å². The molecular formula is C19H18N2O5S. The number of amides is 1. The highest BCUT2D eigenvalue weighted by Gasteiger charge is 2.18. The van der Waals surface area contributed by atoms with Crippen LogP contribution in [-0.4, -0.2) is 30.2 Å². The molecule has 1 aromatic carbocycles. The lowest BCUT2D eigenvalue weighted by Gasteiger charge is -2.18. The zero-order chi connectivity index (χ0) is 19.1. The Labute approximate surface area is 159 Å². The average Bonchev–Trinajstić information content (AvgIpc) is 3.35. The Hall–Kier alpha value is -3.13. The molecule has 2 heterocycles. The zero-order valence-electron chi connectivity index (χ0n) is 14.6. The zero-order valence-corrected chi connectivity index (χ0v) is 15.4. The number of nitrogens with one attached hydrogen (secondary N) is 1. The fourth-order valence-electron chi connectivity index (χ4n) is 2.35. The third-order valence-electron chi connectivity index (χ3n) is 3.57. The van der Waals surface area contributed by atoms with Gasteiger partial charge < -0.3 is 19.3 Å². The minimum atomic E-state index is -0.668.